The van der Waals surface area contributed by atoms with Gasteiger partial charge in [0.1, 0.15) is 5.76 Å². The van der Waals surface area contributed by atoms with E-state index in [1.165, 1.54) is 38.0 Å². The summed E-state index contributed by atoms with van der Waals surface area (Å²) in [7, 11) is 1.97. The molecule has 1 N–H and O–H groups in total. The van der Waals surface area contributed by atoms with E-state index in [0.717, 1.165) is 24.9 Å². The molecule has 2 fully saturated rings. The zero-order valence-electron chi connectivity index (χ0n) is 12.1. The van der Waals surface area contributed by atoms with Gasteiger partial charge in [0.2, 0.25) is 0 Å². The van der Waals surface area contributed by atoms with Gasteiger partial charge in [0.15, 0.2) is 0 Å². The fourth-order valence-corrected chi connectivity index (χ4v) is 3.47. The Hall–Kier alpha value is -0.840. The van der Waals surface area contributed by atoms with E-state index in [-0.39, 0.29) is 0 Å². The monoisotopic (exact) mass is 263 g/mol. The minimum absolute atomic E-state index is 0.632. The van der Waals surface area contributed by atoms with Crippen molar-refractivity contribution in [1.29, 1.82) is 0 Å². The summed E-state index contributed by atoms with van der Waals surface area (Å²) < 4.78 is 5.68. The number of hydrogen-bond donors (Lipinski definition) is 1. The summed E-state index contributed by atoms with van der Waals surface area (Å²) in [5, 5.41) is 3.16. The number of rotatable bonds is 4. The maximum Gasteiger partial charge on any atom is 0.118 e. The van der Waals surface area contributed by atoms with Gasteiger partial charge in [-0.15, -0.1) is 0 Å². The molecule has 1 aromatic heterocycles. The van der Waals surface area contributed by atoms with Crippen LogP contribution in [0.25, 0.3) is 0 Å². The van der Waals surface area contributed by atoms with E-state index in [4.69, 9.17) is 4.42 Å². The highest BCUT2D eigenvalue weighted by Gasteiger charge is 2.34. The molecule has 0 radical (unpaired) electrons. The first-order valence-electron chi connectivity index (χ1n) is 7.45. The van der Waals surface area contributed by atoms with E-state index < -0.39 is 0 Å². The van der Waals surface area contributed by atoms with Crippen LogP contribution in [-0.4, -0.2) is 48.6 Å². The van der Waals surface area contributed by atoms with Gasteiger partial charge in [-0.3, -0.25) is 9.80 Å². The van der Waals surface area contributed by atoms with Crippen molar-refractivity contribution in [3.8, 4) is 0 Å². The second-order valence-electron chi connectivity index (χ2n) is 6.02. The Morgan fingerprint density at radius 2 is 2.32 bits per heavy atom. The Kier molecular flexibility index (Phi) is 3.91. The Morgan fingerprint density at radius 3 is 3.16 bits per heavy atom. The van der Waals surface area contributed by atoms with Gasteiger partial charge >= 0.3 is 0 Å². The number of nitrogens with one attached hydrogen (secondary N) is 1. The van der Waals surface area contributed by atoms with Crippen molar-refractivity contribution in [3.05, 3.63) is 23.7 Å². The molecule has 2 saturated heterocycles. The van der Waals surface area contributed by atoms with Gasteiger partial charge in [0.25, 0.3) is 0 Å². The molecule has 3 heterocycles. The summed E-state index contributed by atoms with van der Waals surface area (Å²) in [6, 6.07) is 3.60. The zero-order chi connectivity index (χ0) is 13.2. The number of fused-ring (bicyclic) bond motifs is 1. The maximum absolute atomic E-state index is 5.68. The Balaban J connectivity index is 1.61. The normalized spacial score (nSPS) is 28.7. The summed E-state index contributed by atoms with van der Waals surface area (Å²) in [4.78, 5) is 5.24. The van der Waals surface area contributed by atoms with Gasteiger partial charge in [-0.25, -0.2) is 0 Å². The largest absolute Gasteiger partial charge is 0.468 e. The topological polar surface area (TPSA) is 31.7 Å². The van der Waals surface area contributed by atoms with Crippen molar-refractivity contribution in [2.45, 2.75) is 44.9 Å². The predicted molar refractivity (Wildman–Crippen MR) is 75.9 cm³/mol. The van der Waals surface area contributed by atoms with Crippen LogP contribution in [0.2, 0.25) is 0 Å². The maximum atomic E-state index is 5.68. The van der Waals surface area contributed by atoms with Crippen molar-refractivity contribution < 1.29 is 4.42 Å². The zero-order valence-corrected chi connectivity index (χ0v) is 12.1. The molecule has 1 aromatic rings. The second-order valence-corrected chi connectivity index (χ2v) is 6.02. The molecule has 2 atom stereocenters. The lowest BCUT2D eigenvalue weighted by atomic mass is 10.1. The highest BCUT2D eigenvalue weighted by atomic mass is 16.3. The van der Waals surface area contributed by atoms with E-state index in [1.54, 1.807) is 0 Å². The lowest BCUT2D eigenvalue weighted by Crippen LogP contribution is -2.54. The number of hydrogen-bond acceptors (Lipinski definition) is 4. The van der Waals surface area contributed by atoms with Crippen molar-refractivity contribution >= 4 is 0 Å². The van der Waals surface area contributed by atoms with Crippen LogP contribution >= 0.6 is 0 Å². The van der Waals surface area contributed by atoms with Gasteiger partial charge in [0.05, 0.1) is 12.8 Å². The SMILES string of the molecule is CNCc1coc(CN2CC3CCCN3CC2C)c1. The molecule has 0 aromatic carbocycles. The third-order valence-corrected chi connectivity index (χ3v) is 4.51. The van der Waals surface area contributed by atoms with Crippen LogP contribution in [0, 0.1) is 0 Å². The number of piperazine rings is 1. The fraction of sp³-hybridized carbons (Fsp3) is 0.733. The lowest BCUT2D eigenvalue weighted by molar-refractivity contribution is 0.0494. The van der Waals surface area contributed by atoms with Gasteiger partial charge in [0, 0.05) is 37.3 Å². The molecule has 3 rings (SSSR count). The van der Waals surface area contributed by atoms with Crippen LogP contribution in [-0.2, 0) is 13.1 Å². The van der Waals surface area contributed by atoms with Gasteiger partial charge < -0.3 is 9.73 Å². The summed E-state index contributed by atoms with van der Waals surface area (Å²) in [5.74, 6) is 1.10. The Labute approximate surface area is 115 Å². The molecule has 2 aliphatic rings. The smallest absolute Gasteiger partial charge is 0.118 e. The molecule has 0 amide bonds. The second kappa shape index (κ2) is 5.65. The molecule has 19 heavy (non-hydrogen) atoms. The highest BCUT2D eigenvalue weighted by Crippen LogP contribution is 2.26. The average Bonchev–Trinajstić information content (AvgIpc) is 2.99. The summed E-state index contributed by atoms with van der Waals surface area (Å²) >= 11 is 0. The molecular formula is C15H25N3O. The molecule has 0 bridgehead atoms. The van der Waals surface area contributed by atoms with E-state index in [9.17, 15) is 0 Å². The Morgan fingerprint density at radius 1 is 1.42 bits per heavy atom. The van der Waals surface area contributed by atoms with Crippen LogP contribution in [0.4, 0.5) is 0 Å². The summed E-state index contributed by atoms with van der Waals surface area (Å²) in [5.41, 5.74) is 1.24. The Bertz CT molecular complexity index is 417. The van der Waals surface area contributed by atoms with Crippen LogP contribution in [0.15, 0.2) is 16.7 Å². The number of nitrogens with zero attached hydrogens (tertiary/aromatic N) is 2. The third kappa shape index (κ3) is 2.86. The number of furan rings is 1. The predicted octanol–water partition coefficient (Wildman–Crippen LogP) is 1.67. The minimum Gasteiger partial charge on any atom is -0.468 e. The van der Waals surface area contributed by atoms with E-state index >= 15 is 0 Å². The summed E-state index contributed by atoms with van der Waals surface area (Å²) in [6.45, 7) is 7.89. The molecule has 4 heteroatoms. The van der Waals surface area contributed by atoms with Gasteiger partial charge in [-0.2, -0.15) is 0 Å². The van der Waals surface area contributed by atoms with Crippen LogP contribution in [0.3, 0.4) is 0 Å². The molecule has 0 aliphatic carbocycles. The lowest BCUT2D eigenvalue weighted by Gasteiger charge is -2.41. The average molecular weight is 263 g/mol. The first-order chi connectivity index (χ1) is 9.26. The van der Waals surface area contributed by atoms with Crippen LogP contribution in [0.1, 0.15) is 31.1 Å². The summed E-state index contributed by atoms with van der Waals surface area (Å²) in [6.07, 6.45) is 4.62. The van der Waals surface area contributed by atoms with Gasteiger partial charge in [-0.1, -0.05) is 0 Å². The molecule has 106 valence electrons. The molecular weight excluding hydrogens is 238 g/mol. The van der Waals surface area contributed by atoms with Crippen molar-refractivity contribution in [2.75, 3.05) is 26.7 Å². The first kappa shape index (κ1) is 13.2. The third-order valence-electron chi connectivity index (χ3n) is 4.51. The first-order valence-corrected chi connectivity index (χ1v) is 7.45. The standard InChI is InChI=1S/C15H25N3O/c1-12-8-17-5-3-4-14(17)9-18(12)10-15-6-13(7-16-2)11-19-15/h6,11-12,14,16H,3-5,7-10H2,1-2H3. The van der Waals surface area contributed by atoms with E-state index in [2.05, 4.69) is 28.1 Å². The minimum atomic E-state index is 0.632. The van der Waals surface area contributed by atoms with Crippen LogP contribution in [0.5, 0.6) is 0 Å². The quantitative estimate of drug-likeness (QED) is 0.895. The molecule has 2 aliphatic heterocycles. The van der Waals surface area contributed by atoms with E-state index in [1.807, 2.05) is 13.3 Å². The van der Waals surface area contributed by atoms with Crippen molar-refractivity contribution in [2.24, 2.45) is 0 Å². The molecule has 2 unspecified atom stereocenters. The van der Waals surface area contributed by atoms with Crippen molar-refractivity contribution in [1.82, 2.24) is 15.1 Å². The fourth-order valence-electron chi connectivity index (χ4n) is 3.47. The molecule has 0 saturated carbocycles. The van der Waals surface area contributed by atoms with E-state index in [0.29, 0.717) is 6.04 Å². The molecule has 0 spiro atoms. The molecule has 4 nitrogen and oxygen atoms in total. The van der Waals surface area contributed by atoms with Crippen LogP contribution < -0.4 is 5.32 Å². The van der Waals surface area contributed by atoms with Gasteiger partial charge in [-0.05, 0) is 39.4 Å². The van der Waals surface area contributed by atoms with Crippen molar-refractivity contribution in [3.63, 3.8) is 0 Å². The highest BCUT2D eigenvalue weighted by molar-refractivity contribution is 5.13.